The summed E-state index contributed by atoms with van der Waals surface area (Å²) in [6.45, 7) is 1.57. The highest BCUT2D eigenvalue weighted by Gasteiger charge is 2.61. The maximum Gasteiger partial charge on any atom is 0.358 e. The predicted octanol–water partition coefficient (Wildman–Crippen LogP) is 3.09. The number of carbonyl (C=O) groups excluding carboxylic acids is 3. The number of esters is 2. The van der Waals surface area contributed by atoms with Crippen molar-refractivity contribution in [2.75, 3.05) is 21.3 Å². The van der Waals surface area contributed by atoms with Crippen molar-refractivity contribution in [1.29, 1.82) is 0 Å². The Morgan fingerprint density at radius 2 is 1.89 bits per heavy atom. The molecule has 1 heterocycles. The van der Waals surface area contributed by atoms with Gasteiger partial charge in [0.15, 0.2) is 0 Å². The van der Waals surface area contributed by atoms with Gasteiger partial charge >= 0.3 is 11.9 Å². The summed E-state index contributed by atoms with van der Waals surface area (Å²) in [7, 11) is 3.56. The second-order valence-electron chi connectivity index (χ2n) is 8.29. The van der Waals surface area contributed by atoms with Crippen LogP contribution in [0, 0.1) is 11.8 Å². The molecular formula is C25H23NO10. The van der Waals surface area contributed by atoms with Gasteiger partial charge in [-0.1, -0.05) is 12.1 Å². The number of aliphatic hydroxyl groups is 1. The summed E-state index contributed by atoms with van der Waals surface area (Å²) in [6.07, 6.45) is -1.24. The van der Waals surface area contributed by atoms with Gasteiger partial charge in [-0.05, 0) is 36.2 Å². The first-order valence-corrected chi connectivity index (χ1v) is 10.9. The molecule has 0 amide bonds. The number of hydrogen-bond donors (Lipinski definition) is 2. The van der Waals surface area contributed by atoms with E-state index in [9.17, 15) is 29.5 Å². The number of ketones is 1. The minimum atomic E-state index is -2.19. The lowest BCUT2D eigenvalue weighted by Crippen LogP contribution is -2.61. The molecular weight excluding hydrogens is 474 g/mol. The number of nitroso groups, excluding NO2 is 1. The minimum absolute atomic E-state index is 0.0487. The molecule has 2 aromatic carbocycles. The Kier molecular flexibility index (Phi) is 6.27. The molecule has 0 unspecified atom stereocenters. The molecule has 0 spiro atoms. The molecule has 0 radical (unpaired) electrons. The van der Waals surface area contributed by atoms with E-state index in [1.807, 2.05) is 0 Å². The van der Waals surface area contributed by atoms with Crippen LogP contribution in [0.2, 0.25) is 0 Å². The first-order valence-electron chi connectivity index (χ1n) is 10.9. The normalized spacial score (nSPS) is 20.6. The van der Waals surface area contributed by atoms with Gasteiger partial charge in [-0.25, -0.2) is 9.59 Å². The number of allylic oxidation sites excluding steroid dienone is 1. The molecule has 2 aliphatic rings. The molecule has 36 heavy (non-hydrogen) atoms. The maximum atomic E-state index is 13.8. The lowest BCUT2D eigenvalue weighted by Gasteiger charge is -2.43. The van der Waals surface area contributed by atoms with Crippen molar-refractivity contribution in [2.24, 2.45) is 5.18 Å². The Hall–Kier alpha value is -4.25. The van der Waals surface area contributed by atoms with Crippen LogP contribution in [0.5, 0.6) is 11.5 Å². The van der Waals surface area contributed by atoms with Crippen molar-refractivity contribution in [3.8, 4) is 22.6 Å². The van der Waals surface area contributed by atoms with Gasteiger partial charge < -0.3 is 29.2 Å². The van der Waals surface area contributed by atoms with Crippen LogP contribution in [-0.2, 0) is 19.0 Å². The third-order valence-corrected chi connectivity index (χ3v) is 6.49. The number of Topliss-reactive ketones (excluding diaryl/α,β-unsaturated/α-hetero) is 1. The lowest BCUT2D eigenvalue weighted by atomic mass is 9.73. The average Bonchev–Trinajstić information content (AvgIpc) is 2.87. The van der Waals surface area contributed by atoms with E-state index in [0.717, 1.165) is 14.2 Å². The third-order valence-electron chi connectivity index (χ3n) is 6.49. The quantitative estimate of drug-likeness (QED) is 0.464. The zero-order chi connectivity index (χ0) is 26.4. The van der Waals surface area contributed by atoms with Crippen LogP contribution in [0.4, 0.5) is 5.69 Å². The zero-order valence-electron chi connectivity index (χ0n) is 19.9. The number of phenolic OH excluding ortho intramolecular Hbond substituents is 1. The van der Waals surface area contributed by atoms with Crippen LogP contribution < -0.4 is 4.74 Å². The second-order valence-corrected chi connectivity index (χ2v) is 8.29. The molecule has 0 bridgehead atoms. The number of benzene rings is 2. The van der Waals surface area contributed by atoms with Crippen LogP contribution >= 0.6 is 0 Å². The Morgan fingerprint density at radius 1 is 1.17 bits per heavy atom. The number of phenols is 1. The standard InChI is InChI=1S/C25H23NO10/c1-11-10-15-18(21(28)17(11)12-6-5-7-13(20(12)26-32)23(30)34-3)22(29)19-14(33-2)8-9-16(27)25(19,36-15)24(31)35-4/h5-7,10,16,27-28H,8-9H2,1-4H3/t16-,25+/m1/s1. The largest absolute Gasteiger partial charge is 0.506 e. The highest BCUT2D eigenvalue weighted by atomic mass is 16.6. The maximum absolute atomic E-state index is 13.8. The van der Waals surface area contributed by atoms with Crippen LogP contribution in [0.1, 0.15) is 39.1 Å². The number of aryl methyl sites for hydroxylation is 1. The lowest BCUT2D eigenvalue weighted by molar-refractivity contribution is -0.167. The smallest absolute Gasteiger partial charge is 0.358 e. The molecule has 1 aliphatic carbocycles. The van der Waals surface area contributed by atoms with Gasteiger partial charge in [0.1, 0.15) is 34.6 Å². The number of ether oxygens (including phenoxy) is 4. The van der Waals surface area contributed by atoms with Crippen molar-refractivity contribution in [3.63, 3.8) is 0 Å². The zero-order valence-corrected chi connectivity index (χ0v) is 19.9. The fourth-order valence-corrected chi connectivity index (χ4v) is 4.85. The minimum Gasteiger partial charge on any atom is -0.506 e. The first kappa shape index (κ1) is 24.9. The van der Waals surface area contributed by atoms with Crippen molar-refractivity contribution >= 4 is 23.4 Å². The van der Waals surface area contributed by atoms with Gasteiger partial charge in [0, 0.05) is 17.5 Å². The summed E-state index contributed by atoms with van der Waals surface area (Å²) in [5, 5.41) is 25.1. The number of fused-ring (bicyclic) bond motifs is 2. The number of aliphatic hydroxyl groups excluding tert-OH is 1. The first-order chi connectivity index (χ1) is 17.2. The van der Waals surface area contributed by atoms with Crippen LogP contribution in [0.15, 0.2) is 40.8 Å². The van der Waals surface area contributed by atoms with Gasteiger partial charge in [-0.2, -0.15) is 0 Å². The molecule has 2 atom stereocenters. The molecule has 0 saturated carbocycles. The highest BCUT2D eigenvalue weighted by molar-refractivity contribution is 6.20. The SMILES string of the molecule is COC(=O)c1cccc(-c2c(C)cc3c(c2O)C(=O)C2=C(OC)CC[C@@H](O)[C@]2(C(=O)OC)O3)c1N=O. The van der Waals surface area contributed by atoms with Gasteiger partial charge in [0.2, 0.25) is 5.78 Å². The summed E-state index contributed by atoms with van der Waals surface area (Å²) in [5.41, 5.74) is -2.76. The second kappa shape index (κ2) is 9.08. The van der Waals surface area contributed by atoms with E-state index in [-0.39, 0.29) is 57.9 Å². The summed E-state index contributed by atoms with van der Waals surface area (Å²) in [6, 6.07) is 5.65. The van der Waals surface area contributed by atoms with Gasteiger partial charge in [0.05, 0.1) is 32.5 Å². The monoisotopic (exact) mass is 497 g/mol. The van der Waals surface area contributed by atoms with E-state index < -0.39 is 35.2 Å². The third kappa shape index (κ3) is 3.34. The van der Waals surface area contributed by atoms with Crippen LogP contribution in [0.25, 0.3) is 11.1 Å². The summed E-state index contributed by atoms with van der Waals surface area (Å²) in [5.74, 6) is -3.27. The van der Waals surface area contributed by atoms with Crippen molar-refractivity contribution in [2.45, 2.75) is 31.5 Å². The van der Waals surface area contributed by atoms with E-state index in [1.54, 1.807) is 6.92 Å². The van der Waals surface area contributed by atoms with Crippen molar-refractivity contribution in [3.05, 3.63) is 57.2 Å². The Bertz CT molecular complexity index is 1340. The van der Waals surface area contributed by atoms with Crippen LogP contribution in [0.3, 0.4) is 0 Å². The van der Waals surface area contributed by atoms with E-state index >= 15 is 0 Å². The molecule has 11 heteroatoms. The van der Waals surface area contributed by atoms with Gasteiger partial charge in [-0.15, -0.1) is 4.91 Å². The predicted molar refractivity (Wildman–Crippen MR) is 124 cm³/mol. The van der Waals surface area contributed by atoms with E-state index in [2.05, 4.69) is 5.18 Å². The highest BCUT2D eigenvalue weighted by Crippen LogP contribution is 2.52. The molecule has 0 fully saturated rings. The fraction of sp³-hybridized carbons (Fsp3) is 0.320. The molecule has 2 N–H and O–H groups in total. The number of nitrogens with zero attached hydrogens (tertiary/aromatic N) is 1. The number of methoxy groups -OCH3 is 3. The van der Waals surface area contributed by atoms with E-state index in [0.29, 0.717) is 5.56 Å². The molecule has 11 nitrogen and oxygen atoms in total. The summed E-state index contributed by atoms with van der Waals surface area (Å²) < 4.78 is 20.9. The number of carbonyl (C=O) groups is 3. The van der Waals surface area contributed by atoms with Crippen LogP contribution in [-0.4, -0.2) is 61.0 Å². The Labute approximate surface area is 205 Å². The molecule has 188 valence electrons. The average molecular weight is 497 g/mol. The van der Waals surface area contributed by atoms with E-state index in [4.69, 9.17) is 18.9 Å². The Morgan fingerprint density at radius 3 is 2.50 bits per heavy atom. The number of rotatable bonds is 5. The molecule has 2 aromatic rings. The topological polar surface area (TPSA) is 158 Å². The molecule has 1 aliphatic heterocycles. The Balaban J connectivity index is 2.03. The van der Waals surface area contributed by atoms with Crippen molar-refractivity contribution < 1.29 is 43.5 Å². The van der Waals surface area contributed by atoms with Gasteiger partial charge in [0.25, 0.3) is 5.60 Å². The fourth-order valence-electron chi connectivity index (χ4n) is 4.85. The molecule has 0 aromatic heterocycles. The molecule has 0 saturated heterocycles. The van der Waals surface area contributed by atoms with Crippen molar-refractivity contribution in [1.82, 2.24) is 0 Å². The van der Waals surface area contributed by atoms with Gasteiger partial charge in [-0.3, -0.25) is 4.79 Å². The number of aromatic hydroxyl groups is 1. The van der Waals surface area contributed by atoms with E-state index in [1.165, 1.54) is 31.4 Å². The number of hydrogen-bond acceptors (Lipinski definition) is 11. The molecule has 4 rings (SSSR count). The summed E-state index contributed by atoms with van der Waals surface area (Å²) >= 11 is 0. The summed E-state index contributed by atoms with van der Waals surface area (Å²) in [4.78, 5) is 50.7.